The van der Waals surface area contributed by atoms with Gasteiger partial charge in [-0.05, 0) is 76.3 Å². The van der Waals surface area contributed by atoms with Gasteiger partial charge in [-0.15, -0.1) is 0 Å². The molecule has 2 amide bonds. The molecular weight excluding hydrogens is 328 g/mol. The molecule has 1 saturated carbocycles. The standard InChI is InChI=1S/C21H26N2O3/c1-12-9-17-14(3)19(26-18(17)10-13(12)2)21(25)23(16-6-7-16)20(24)15-5-4-8-22-11-15/h9-10,15-16,22H,4-8,11H2,1-3H3. The molecule has 2 aromatic rings. The fourth-order valence-corrected chi connectivity index (χ4v) is 3.83. The Morgan fingerprint density at radius 1 is 1.12 bits per heavy atom. The van der Waals surface area contributed by atoms with Crippen LogP contribution in [0, 0.1) is 26.7 Å². The Morgan fingerprint density at radius 3 is 2.50 bits per heavy atom. The summed E-state index contributed by atoms with van der Waals surface area (Å²) in [6.45, 7) is 7.60. The van der Waals surface area contributed by atoms with E-state index in [0.717, 1.165) is 54.3 Å². The van der Waals surface area contributed by atoms with Gasteiger partial charge in [0, 0.05) is 23.5 Å². The van der Waals surface area contributed by atoms with E-state index in [-0.39, 0.29) is 23.8 Å². The monoisotopic (exact) mass is 354 g/mol. The number of amides is 2. The zero-order chi connectivity index (χ0) is 18.4. The summed E-state index contributed by atoms with van der Waals surface area (Å²) in [5, 5.41) is 4.23. The lowest BCUT2D eigenvalue weighted by Gasteiger charge is -2.28. The van der Waals surface area contributed by atoms with Crippen LogP contribution in [0.2, 0.25) is 0 Å². The molecular formula is C21H26N2O3. The van der Waals surface area contributed by atoms with Gasteiger partial charge in [0.15, 0.2) is 5.76 Å². The van der Waals surface area contributed by atoms with Crippen LogP contribution in [0.15, 0.2) is 16.5 Å². The van der Waals surface area contributed by atoms with Gasteiger partial charge >= 0.3 is 0 Å². The van der Waals surface area contributed by atoms with E-state index in [4.69, 9.17) is 4.42 Å². The molecule has 2 fully saturated rings. The van der Waals surface area contributed by atoms with Crippen LogP contribution < -0.4 is 5.32 Å². The molecule has 26 heavy (non-hydrogen) atoms. The third kappa shape index (κ3) is 2.94. The smallest absolute Gasteiger partial charge is 0.296 e. The molecule has 1 N–H and O–H groups in total. The summed E-state index contributed by atoms with van der Waals surface area (Å²) in [5.74, 6) is -0.111. The lowest BCUT2D eigenvalue weighted by Crippen LogP contribution is -2.46. The third-order valence-corrected chi connectivity index (χ3v) is 5.76. The quantitative estimate of drug-likeness (QED) is 0.857. The Bertz CT molecular complexity index is 873. The first-order valence-electron chi connectivity index (χ1n) is 9.56. The number of nitrogens with one attached hydrogen (secondary N) is 1. The molecule has 1 unspecified atom stereocenters. The molecule has 4 rings (SSSR count). The number of aryl methyl sites for hydroxylation is 3. The van der Waals surface area contributed by atoms with E-state index in [1.54, 1.807) is 0 Å². The highest BCUT2D eigenvalue weighted by Gasteiger charge is 2.42. The highest BCUT2D eigenvalue weighted by molar-refractivity contribution is 6.07. The van der Waals surface area contributed by atoms with Crippen molar-refractivity contribution in [3.8, 4) is 0 Å². The topological polar surface area (TPSA) is 62.6 Å². The Balaban J connectivity index is 1.69. The first kappa shape index (κ1) is 17.3. The van der Waals surface area contributed by atoms with Crippen LogP contribution >= 0.6 is 0 Å². The lowest BCUT2D eigenvalue weighted by atomic mass is 9.97. The van der Waals surface area contributed by atoms with Crippen LogP contribution in [0.5, 0.6) is 0 Å². The minimum atomic E-state index is -0.271. The van der Waals surface area contributed by atoms with Crippen molar-refractivity contribution in [2.45, 2.75) is 52.5 Å². The van der Waals surface area contributed by atoms with Crippen molar-refractivity contribution >= 4 is 22.8 Å². The summed E-state index contributed by atoms with van der Waals surface area (Å²) in [6.07, 6.45) is 3.62. The number of benzene rings is 1. The zero-order valence-electron chi connectivity index (χ0n) is 15.7. The summed E-state index contributed by atoms with van der Waals surface area (Å²) in [6, 6.07) is 4.07. The molecule has 2 aliphatic rings. The predicted molar refractivity (Wildman–Crippen MR) is 100 cm³/mol. The van der Waals surface area contributed by atoms with Crippen LogP contribution in [0.1, 0.15) is 52.9 Å². The molecule has 1 aromatic carbocycles. The molecule has 1 saturated heterocycles. The highest BCUT2D eigenvalue weighted by Crippen LogP contribution is 2.34. The Kier molecular flexibility index (Phi) is 4.35. The number of nitrogens with zero attached hydrogens (tertiary/aromatic N) is 1. The van der Waals surface area contributed by atoms with Crippen molar-refractivity contribution in [1.82, 2.24) is 10.2 Å². The van der Waals surface area contributed by atoms with Crippen LogP contribution in [0.25, 0.3) is 11.0 Å². The molecule has 1 aromatic heterocycles. The summed E-state index contributed by atoms with van der Waals surface area (Å²) >= 11 is 0. The number of piperidine rings is 1. The fraction of sp³-hybridized carbons (Fsp3) is 0.524. The van der Waals surface area contributed by atoms with Gasteiger partial charge in [-0.3, -0.25) is 14.5 Å². The number of furan rings is 1. The summed E-state index contributed by atoms with van der Waals surface area (Å²) in [7, 11) is 0. The maximum Gasteiger partial charge on any atom is 0.296 e. The average molecular weight is 354 g/mol. The number of imide groups is 1. The van der Waals surface area contributed by atoms with Gasteiger partial charge < -0.3 is 9.73 Å². The van der Waals surface area contributed by atoms with Crippen molar-refractivity contribution in [1.29, 1.82) is 0 Å². The number of carbonyl (C=O) groups excluding carboxylic acids is 2. The predicted octanol–water partition coefficient (Wildman–Crippen LogP) is 3.49. The number of rotatable bonds is 3. The molecule has 5 nitrogen and oxygen atoms in total. The second kappa shape index (κ2) is 6.54. The number of hydrogen-bond donors (Lipinski definition) is 1. The van der Waals surface area contributed by atoms with Gasteiger partial charge in [0.1, 0.15) is 5.58 Å². The van der Waals surface area contributed by atoms with Crippen LogP contribution in [-0.4, -0.2) is 35.8 Å². The maximum atomic E-state index is 13.3. The Labute approximate surface area is 153 Å². The molecule has 1 atom stereocenters. The van der Waals surface area contributed by atoms with E-state index >= 15 is 0 Å². The van der Waals surface area contributed by atoms with E-state index in [1.807, 2.05) is 19.9 Å². The summed E-state index contributed by atoms with van der Waals surface area (Å²) in [5.41, 5.74) is 3.85. The molecule has 2 heterocycles. The van der Waals surface area contributed by atoms with Gasteiger partial charge in [0.05, 0.1) is 5.92 Å². The van der Waals surface area contributed by atoms with E-state index in [2.05, 4.69) is 18.3 Å². The zero-order valence-corrected chi connectivity index (χ0v) is 15.7. The average Bonchev–Trinajstić information content (AvgIpc) is 3.42. The van der Waals surface area contributed by atoms with Gasteiger partial charge in [-0.1, -0.05) is 0 Å². The lowest BCUT2D eigenvalue weighted by molar-refractivity contribution is -0.133. The first-order chi connectivity index (χ1) is 12.5. The van der Waals surface area contributed by atoms with Gasteiger partial charge in [-0.2, -0.15) is 0 Å². The molecule has 1 aliphatic carbocycles. The van der Waals surface area contributed by atoms with Crippen LogP contribution in [-0.2, 0) is 4.79 Å². The summed E-state index contributed by atoms with van der Waals surface area (Å²) in [4.78, 5) is 27.8. The molecule has 5 heteroatoms. The second-order valence-corrected chi connectivity index (χ2v) is 7.78. The van der Waals surface area contributed by atoms with E-state index in [1.165, 1.54) is 10.5 Å². The van der Waals surface area contributed by atoms with E-state index in [9.17, 15) is 9.59 Å². The minimum absolute atomic E-state index is 0.0352. The largest absolute Gasteiger partial charge is 0.451 e. The van der Waals surface area contributed by atoms with E-state index < -0.39 is 0 Å². The fourth-order valence-electron chi connectivity index (χ4n) is 3.83. The van der Waals surface area contributed by atoms with Crippen molar-refractivity contribution in [3.63, 3.8) is 0 Å². The van der Waals surface area contributed by atoms with Gasteiger partial charge in [-0.25, -0.2) is 0 Å². The summed E-state index contributed by atoms with van der Waals surface area (Å²) < 4.78 is 5.93. The van der Waals surface area contributed by atoms with Crippen molar-refractivity contribution in [2.24, 2.45) is 5.92 Å². The Morgan fingerprint density at radius 2 is 1.85 bits per heavy atom. The van der Waals surface area contributed by atoms with Crippen LogP contribution in [0.4, 0.5) is 0 Å². The third-order valence-electron chi connectivity index (χ3n) is 5.76. The molecule has 0 bridgehead atoms. The molecule has 0 spiro atoms. The maximum absolute atomic E-state index is 13.3. The highest BCUT2D eigenvalue weighted by atomic mass is 16.3. The van der Waals surface area contributed by atoms with Gasteiger partial charge in [0.25, 0.3) is 5.91 Å². The minimum Gasteiger partial charge on any atom is -0.451 e. The Hall–Kier alpha value is -2.14. The second-order valence-electron chi connectivity index (χ2n) is 7.78. The normalized spacial score (nSPS) is 20.3. The molecule has 138 valence electrons. The van der Waals surface area contributed by atoms with Crippen molar-refractivity contribution < 1.29 is 14.0 Å². The van der Waals surface area contributed by atoms with Crippen molar-refractivity contribution in [2.75, 3.05) is 13.1 Å². The number of hydrogen-bond acceptors (Lipinski definition) is 4. The number of carbonyl (C=O) groups is 2. The first-order valence-corrected chi connectivity index (χ1v) is 9.56. The van der Waals surface area contributed by atoms with Crippen LogP contribution in [0.3, 0.4) is 0 Å². The molecule has 1 aliphatic heterocycles. The number of fused-ring (bicyclic) bond motifs is 1. The van der Waals surface area contributed by atoms with Crippen molar-refractivity contribution in [3.05, 3.63) is 34.6 Å². The van der Waals surface area contributed by atoms with E-state index in [0.29, 0.717) is 12.3 Å². The van der Waals surface area contributed by atoms with Gasteiger partial charge in [0.2, 0.25) is 5.91 Å². The SMILES string of the molecule is Cc1cc2oc(C(=O)N(C(=O)C3CCCNC3)C3CC3)c(C)c2cc1C. The molecule has 0 radical (unpaired) electrons.